The molecule has 2 rings (SSSR count). The van der Waals surface area contributed by atoms with Gasteiger partial charge >= 0.3 is 25.2 Å². The summed E-state index contributed by atoms with van der Waals surface area (Å²) < 4.78 is 0. The van der Waals surface area contributed by atoms with Gasteiger partial charge in [-0.15, -0.1) is 0 Å². The zero-order valence-electron chi connectivity index (χ0n) is 9.89. The molecular weight excluding hydrogens is 363 g/mol. The van der Waals surface area contributed by atoms with Gasteiger partial charge in [0.1, 0.15) is 5.02 Å². The predicted molar refractivity (Wildman–Crippen MR) is 80.2 cm³/mol. The second-order valence-electron chi connectivity index (χ2n) is 3.38. The Hall–Kier alpha value is -0.971. The quantitative estimate of drug-likeness (QED) is 0.337. The van der Waals surface area contributed by atoms with Gasteiger partial charge in [0.15, 0.2) is 0 Å². The summed E-state index contributed by atoms with van der Waals surface area (Å²) in [6.07, 6.45) is 3.05. The van der Waals surface area contributed by atoms with Crippen LogP contribution in [0.2, 0.25) is 10.0 Å². The normalized spacial score (nSPS) is 9.95. The summed E-state index contributed by atoms with van der Waals surface area (Å²) in [5, 5.41) is 12.3. The van der Waals surface area contributed by atoms with Crippen LogP contribution in [-0.2, 0) is 15.1 Å². The minimum atomic E-state index is 0.168. The molecule has 0 bridgehead atoms. The smallest absolute Gasteiger partial charge is 0.281 e. The minimum Gasteiger partial charge on any atom is -0.592 e. The molecule has 1 heterocycles. The van der Waals surface area contributed by atoms with E-state index >= 15 is 0 Å². The Kier molecular flexibility index (Phi) is 7.73. The van der Waals surface area contributed by atoms with Crippen molar-refractivity contribution >= 4 is 45.3 Å². The molecule has 1 aromatic heterocycles. The number of nitrogens with zero attached hydrogens (tertiary/aromatic N) is 3. The first-order valence-corrected chi connectivity index (χ1v) is 7.55. The number of rotatable bonds is 3. The standard InChI is InChI=1S/C12H8Cl2N3O.ClH.Mn/c13-9-5-8(12(18)10(14)6-9)7-16-17-11-3-1-2-4-15-11;;/h1-7H,(H-,15,16,17,18);1H;/q-1;;+2. The fourth-order valence-electron chi connectivity index (χ4n) is 1.26. The van der Waals surface area contributed by atoms with Crippen molar-refractivity contribution in [1.29, 1.82) is 0 Å². The fourth-order valence-corrected chi connectivity index (χ4v) is 1.77. The Balaban J connectivity index is 0.000000956. The van der Waals surface area contributed by atoms with Gasteiger partial charge in [-0.2, -0.15) is 0 Å². The monoisotopic (exact) mass is 371 g/mol. The molecule has 1 aromatic carbocycles. The summed E-state index contributed by atoms with van der Waals surface area (Å²) in [6, 6.07) is 8.45. The molecule has 4 nitrogen and oxygen atoms in total. The largest absolute Gasteiger partial charge is 0.592 e. The third-order valence-electron chi connectivity index (χ3n) is 2.09. The molecule has 0 aliphatic heterocycles. The van der Waals surface area contributed by atoms with Gasteiger partial charge in [-0.3, -0.25) is 5.10 Å². The maximum Gasteiger partial charge on any atom is 0.281 e. The van der Waals surface area contributed by atoms with Gasteiger partial charge in [-0.05, 0) is 18.0 Å². The Bertz CT molecular complexity index is 582. The van der Waals surface area contributed by atoms with Crippen LogP contribution in [0.5, 0.6) is 5.75 Å². The summed E-state index contributed by atoms with van der Waals surface area (Å²) in [6.45, 7) is 0. The Morgan fingerprint density at radius 2 is 2.00 bits per heavy atom. The third-order valence-corrected chi connectivity index (χ3v) is 2.61. The van der Waals surface area contributed by atoms with Gasteiger partial charge in [0, 0.05) is 11.2 Å². The summed E-state index contributed by atoms with van der Waals surface area (Å²) >= 11 is 14.1. The first-order chi connectivity index (χ1) is 9.66. The zero-order chi connectivity index (χ0) is 15.0. The minimum absolute atomic E-state index is 0.168. The molecule has 0 spiro atoms. The van der Waals surface area contributed by atoms with Gasteiger partial charge in [-0.1, -0.05) is 47.6 Å². The van der Waals surface area contributed by atoms with Crippen molar-refractivity contribution in [2.24, 2.45) is 5.10 Å². The molecule has 0 fully saturated rings. The van der Waals surface area contributed by atoms with Gasteiger partial charge in [-0.25, -0.2) is 0 Å². The third kappa shape index (κ3) is 5.19. The van der Waals surface area contributed by atoms with Crippen LogP contribution in [0.1, 0.15) is 5.56 Å². The van der Waals surface area contributed by atoms with Crippen molar-refractivity contribution in [3.05, 3.63) is 57.6 Å². The second kappa shape index (κ2) is 9.06. The van der Waals surface area contributed by atoms with Crippen LogP contribution in [0, 0.1) is 0 Å². The van der Waals surface area contributed by atoms with E-state index in [1.165, 1.54) is 12.3 Å². The summed E-state index contributed by atoms with van der Waals surface area (Å²) in [5.74, 6) is 0.662. The molecule has 8 heteroatoms. The molecule has 20 heavy (non-hydrogen) atoms. The van der Waals surface area contributed by atoms with Crippen LogP contribution in [0.15, 0.2) is 41.6 Å². The van der Waals surface area contributed by atoms with Crippen LogP contribution in [-0.4, -0.2) is 16.3 Å². The van der Waals surface area contributed by atoms with E-state index in [2.05, 4.69) is 40.7 Å². The molecule has 0 atom stereocenters. The van der Waals surface area contributed by atoms with Crippen molar-refractivity contribution in [3.63, 3.8) is 0 Å². The number of aromatic nitrogens is 1. The van der Waals surface area contributed by atoms with Crippen molar-refractivity contribution in [1.82, 2.24) is 4.98 Å². The second-order valence-corrected chi connectivity index (χ2v) is 4.23. The van der Waals surface area contributed by atoms with Gasteiger partial charge in [0.2, 0.25) is 0 Å². The molecule has 0 unspecified atom stereocenters. The molecule has 0 aliphatic carbocycles. The van der Waals surface area contributed by atoms with E-state index in [1.54, 1.807) is 24.4 Å². The van der Waals surface area contributed by atoms with Crippen molar-refractivity contribution in [2.75, 3.05) is 0 Å². The average Bonchev–Trinajstić information content (AvgIpc) is 2.47. The summed E-state index contributed by atoms with van der Waals surface area (Å²) in [4.78, 5) is 3.99. The number of hydrogen-bond acceptors (Lipinski definition) is 2. The van der Waals surface area contributed by atoms with E-state index in [-0.39, 0.29) is 10.8 Å². The predicted octanol–water partition coefficient (Wildman–Crippen LogP) is 4.55. The van der Waals surface area contributed by atoms with E-state index in [4.69, 9.17) is 28.3 Å². The Morgan fingerprint density at radius 3 is 2.65 bits per heavy atom. The number of pyridine rings is 1. The number of halogens is 3. The molecule has 2 N–H and O–H groups in total. The summed E-state index contributed by atoms with van der Waals surface area (Å²) in [5.41, 5.74) is 4.40. The van der Waals surface area contributed by atoms with E-state index < -0.39 is 0 Å². The van der Waals surface area contributed by atoms with Crippen LogP contribution in [0.25, 0.3) is 5.43 Å². The Labute approximate surface area is 138 Å². The first kappa shape index (κ1) is 17.1. The Morgan fingerprint density at radius 1 is 1.25 bits per heavy atom. The van der Waals surface area contributed by atoms with Crippen molar-refractivity contribution < 1.29 is 20.2 Å². The zero-order valence-corrected chi connectivity index (χ0v) is 13.3. The molecule has 0 amide bonds. The number of benzene rings is 1. The van der Waals surface area contributed by atoms with Gasteiger partial charge in [0.25, 0.3) is 5.75 Å². The van der Waals surface area contributed by atoms with Crippen molar-refractivity contribution in [3.8, 4) is 5.75 Å². The van der Waals surface area contributed by atoms with Crippen LogP contribution >= 0.6 is 33.3 Å². The van der Waals surface area contributed by atoms with Crippen LogP contribution in [0.4, 0.5) is 5.82 Å². The molecule has 0 aliphatic rings. The SMILES string of the molecule is [Cl][Mn+].[OH2+]c1c(Cl)cc(Cl)cc1C=N[N-]c1ccccn1. The number of hydrogen-bond donors (Lipinski definition) is 0. The molecular formula is C12H9Cl3MnN3O+. The van der Waals surface area contributed by atoms with E-state index in [1.807, 2.05) is 6.07 Å². The van der Waals surface area contributed by atoms with Crippen molar-refractivity contribution in [2.45, 2.75) is 0 Å². The van der Waals surface area contributed by atoms with E-state index in [9.17, 15) is 0 Å². The molecule has 105 valence electrons. The van der Waals surface area contributed by atoms with Gasteiger partial charge < -0.3 is 15.5 Å². The molecule has 2 aromatic rings. The van der Waals surface area contributed by atoms with Gasteiger partial charge in [0.05, 0.1) is 5.56 Å². The molecule has 0 radical (unpaired) electrons. The molecule has 0 saturated heterocycles. The summed E-state index contributed by atoms with van der Waals surface area (Å²) in [7, 11) is 4.45. The maximum atomic E-state index is 7.74. The molecule has 0 saturated carbocycles. The van der Waals surface area contributed by atoms with Crippen LogP contribution < -0.4 is 0 Å². The first-order valence-electron chi connectivity index (χ1n) is 5.17. The fraction of sp³-hybridized carbons (Fsp3) is 0. The van der Waals surface area contributed by atoms with E-state index in [0.29, 0.717) is 16.4 Å². The van der Waals surface area contributed by atoms with Crippen LogP contribution in [0.3, 0.4) is 0 Å². The van der Waals surface area contributed by atoms with E-state index in [0.717, 1.165) is 0 Å². The maximum absolute atomic E-state index is 7.74. The average molecular weight is 373 g/mol. The topological polar surface area (TPSA) is 62.2 Å².